The molecule has 1 aliphatic rings. The molecule has 0 amide bonds. The maximum atomic E-state index is 3.56. The summed E-state index contributed by atoms with van der Waals surface area (Å²) < 4.78 is 0. The topological polar surface area (TPSA) is 15.3 Å². The van der Waals surface area contributed by atoms with E-state index in [1.165, 1.54) is 36.8 Å². The molecule has 18 heavy (non-hydrogen) atoms. The van der Waals surface area contributed by atoms with Gasteiger partial charge in [0.2, 0.25) is 0 Å². The molecule has 0 saturated heterocycles. The van der Waals surface area contributed by atoms with E-state index in [1.54, 1.807) is 0 Å². The Kier molecular flexibility index (Phi) is 5.21. The van der Waals surface area contributed by atoms with E-state index in [1.807, 2.05) is 0 Å². The minimum Gasteiger partial charge on any atom is -0.311 e. The van der Waals surface area contributed by atoms with Crippen LogP contribution >= 0.6 is 0 Å². The van der Waals surface area contributed by atoms with Crippen LogP contribution in [-0.4, -0.2) is 31.1 Å². The number of hydrogen-bond donors (Lipinski definition) is 1. The van der Waals surface area contributed by atoms with E-state index < -0.39 is 0 Å². The average molecular weight is 246 g/mol. The molecule has 0 unspecified atom stereocenters. The molecule has 0 radical (unpaired) electrons. The molecule has 0 bridgehead atoms. The highest BCUT2D eigenvalue weighted by Crippen LogP contribution is 2.21. The number of nitrogens with one attached hydrogen (secondary N) is 1. The summed E-state index contributed by atoms with van der Waals surface area (Å²) in [6.45, 7) is 5.42. The van der Waals surface area contributed by atoms with Crippen molar-refractivity contribution in [2.75, 3.05) is 20.1 Å². The highest BCUT2D eigenvalue weighted by Gasteiger charge is 2.18. The maximum Gasteiger partial charge on any atom is 0.0208 e. The minimum atomic E-state index is 0.838. The highest BCUT2D eigenvalue weighted by molar-refractivity contribution is 5.25. The Morgan fingerprint density at radius 2 is 1.94 bits per heavy atom. The summed E-state index contributed by atoms with van der Waals surface area (Å²) in [5, 5.41) is 3.56. The Bertz CT molecular complexity index is 356. The zero-order valence-corrected chi connectivity index (χ0v) is 11.8. The lowest BCUT2D eigenvalue weighted by Crippen LogP contribution is -2.35. The molecule has 1 aromatic carbocycles. The predicted octanol–water partition coefficient (Wildman–Crippen LogP) is 2.96. The number of likely N-dealkylation sites (N-methyl/N-ethyl adjacent to an activating group) is 1. The molecule has 100 valence electrons. The van der Waals surface area contributed by atoms with E-state index in [0.29, 0.717) is 0 Å². The Morgan fingerprint density at radius 1 is 1.22 bits per heavy atom. The molecule has 1 fully saturated rings. The second-order valence-corrected chi connectivity index (χ2v) is 5.52. The second-order valence-electron chi connectivity index (χ2n) is 5.52. The van der Waals surface area contributed by atoms with Gasteiger partial charge in [-0.05, 0) is 37.9 Å². The quantitative estimate of drug-likeness (QED) is 0.776. The zero-order valence-electron chi connectivity index (χ0n) is 11.8. The summed E-state index contributed by atoms with van der Waals surface area (Å²) in [6, 6.07) is 9.46. The van der Waals surface area contributed by atoms with Gasteiger partial charge < -0.3 is 10.2 Å². The molecule has 0 atom stereocenters. The fourth-order valence-corrected chi connectivity index (χ4v) is 2.81. The smallest absolute Gasteiger partial charge is 0.0208 e. The van der Waals surface area contributed by atoms with Crippen LogP contribution in [0.2, 0.25) is 0 Å². The Morgan fingerprint density at radius 3 is 2.67 bits per heavy atom. The van der Waals surface area contributed by atoms with Crippen LogP contribution in [0.3, 0.4) is 0 Å². The lowest BCUT2D eigenvalue weighted by molar-refractivity contribution is 0.245. The first-order valence-corrected chi connectivity index (χ1v) is 7.23. The minimum absolute atomic E-state index is 0.838. The van der Waals surface area contributed by atoms with Gasteiger partial charge in [0.15, 0.2) is 0 Å². The highest BCUT2D eigenvalue weighted by atomic mass is 15.1. The number of hydrogen-bond acceptors (Lipinski definition) is 2. The van der Waals surface area contributed by atoms with Crippen molar-refractivity contribution in [3.05, 3.63) is 35.4 Å². The molecule has 1 aliphatic carbocycles. The van der Waals surface area contributed by atoms with Crippen molar-refractivity contribution in [3.8, 4) is 0 Å². The number of aryl methyl sites for hydroxylation is 1. The standard InChI is InChI=1S/C16H26N2/c1-14-7-3-4-8-15(14)13-17-11-12-18(2)16-9-5-6-10-16/h3-4,7-8,16-17H,5-6,9-13H2,1-2H3. The van der Waals surface area contributed by atoms with E-state index in [-0.39, 0.29) is 0 Å². The van der Waals surface area contributed by atoms with Crippen molar-refractivity contribution in [1.82, 2.24) is 10.2 Å². The van der Waals surface area contributed by atoms with Gasteiger partial charge in [-0.1, -0.05) is 37.1 Å². The largest absolute Gasteiger partial charge is 0.311 e. The summed E-state index contributed by atoms with van der Waals surface area (Å²) in [5.41, 5.74) is 2.80. The molecule has 0 spiro atoms. The predicted molar refractivity (Wildman–Crippen MR) is 77.8 cm³/mol. The summed E-state index contributed by atoms with van der Waals surface area (Å²) in [4.78, 5) is 2.53. The van der Waals surface area contributed by atoms with Gasteiger partial charge in [0.05, 0.1) is 0 Å². The third-order valence-electron chi connectivity index (χ3n) is 4.17. The van der Waals surface area contributed by atoms with Crippen molar-refractivity contribution < 1.29 is 0 Å². The number of benzene rings is 1. The molecule has 1 aromatic rings. The van der Waals surface area contributed by atoms with Crippen LogP contribution in [0.25, 0.3) is 0 Å². The van der Waals surface area contributed by atoms with Crippen LogP contribution in [0.15, 0.2) is 24.3 Å². The van der Waals surface area contributed by atoms with Gasteiger partial charge >= 0.3 is 0 Å². The molecule has 1 N–H and O–H groups in total. The van der Waals surface area contributed by atoms with Gasteiger partial charge in [0, 0.05) is 25.7 Å². The van der Waals surface area contributed by atoms with Crippen LogP contribution in [-0.2, 0) is 6.54 Å². The van der Waals surface area contributed by atoms with E-state index in [4.69, 9.17) is 0 Å². The first kappa shape index (κ1) is 13.6. The molecular formula is C16H26N2. The first-order valence-electron chi connectivity index (χ1n) is 7.23. The van der Waals surface area contributed by atoms with Crippen LogP contribution < -0.4 is 5.32 Å². The third kappa shape index (κ3) is 3.82. The van der Waals surface area contributed by atoms with E-state index in [9.17, 15) is 0 Å². The molecule has 0 aromatic heterocycles. The van der Waals surface area contributed by atoms with Crippen molar-refractivity contribution in [3.63, 3.8) is 0 Å². The van der Waals surface area contributed by atoms with E-state index >= 15 is 0 Å². The maximum absolute atomic E-state index is 3.56. The van der Waals surface area contributed by atoms with Gasteiger partial charge in [0.25, 0.3) is 0 Å². The molecule has 0 aliphatic heterocycles. The molecule has 1 saturated carbocycles. The molecule has 2 heteroatoms. The summed E-state index contributed by atoms with van der Waals surface area (Å²) >= 11 is 0. The van der Waals surface area contributed by atoms with Crippen LogP contribution in [0.4, 0.5) is 0 Å². The Balaban J connectivity index is 1.65. The Labute approximate surface area is 111 Å². The second kappa shape index (κ2) is 6.91. The van der Waals surface area contributed by atoms with Gasteiger partial charge in [-0.3, -0.25) is 0 Å². The van der Waals surface area contributed by atoms with Gasteiger partial charge in [-0.2, -0.15) is 0 Å². The molecule has 2 nitrogen and oxygen atoms in total. The fourth-order valence-electron chi connectivity index (χ4n) is 2.81. The van der Waals surface area contributed by atoms with Crippen molar-refractivity contribution in [2.24, 2.45) is 0 Å². The van der Waals surface area contributed by atoms with Crippen molar-refractivity contribution in [2.45, 2.75) is 45.2 Å². The average Bonchev–Trinajstić information content (AvgIpc) is 2.90. The SMILES string of the molecule is Cc1ccccc1CNCCN(C)C1CCCC1. The zero-order chi connectivity index (χ0) is 12.8. The first-order chi connectivity index (χ1) is 8.77. The third-order valence-corrected chi connectivity index (χ3v) is 4.17. The van der Waals surface area contributed by atoms with Gasteiger partial charge in [-0.15, -0.1) is 0 Å². The van der Waals surface area contributed by atoms with Crippen LogP contribution in [0.5, 0.6) is 0 Å². The summed E-state index contributed by atoms with van der Waals surface area (Å²) in [7, 11) is 2.27. The summed E-state index contributed by atoms with van der Waals surface area (Å²) in [6.07, 6.45) is 5.64. The van der Waals surface area contributed by atoms with Crippen molar-refractivity contribution >= 4 is 0 Å². The Hall–Kier alpha value is -0.860. The van der Waals surface area contributed by atoms with E-state index in [0.717, 1.165) is 25.7 Å². The summed E-state index contributed by atoms with van der Waals surface area (Å²) in [5.74, 6) is 0. The number of rotatable bonds is 6. The molecule has 2 rings (SSSR count). The van der Waals surface area contributed by atoms with Gasteiger partial charge in [-0.25, -0.2) is 0 Å². The number of nitrogens with zero attached hydrogens (tertiary/aromatic N) is 1. The van der Waals surface area contributed by atoms with E-state index in [2.05, 4.69) is 48.5 Å². The van der Waals surface area contributed by atoms with Crippen molar-refractivity contribution in [1.29, 1.82) is 0 Å². The normalized spacial score (nSPS) is 16.6. The molecular weight excluding hydrogens is 220 g/mol. The van der Waals surface area contributed by atoms with Gasteiger partial charge in [0.1, 0.15) is 0 Å². The van der Waals surface area contributed by atoms with Crippen LogP contribution in [0, 0.1) is 6.92 Å². The lowest BCUT2D eigenvalue weighted by atomic mass is 10.1. The van der Waals surface area contributed by atoms with Crippen LogP contribution in [0.1, 0.15) is 36.8 Å². The monoisotopic (exact) mass is 246 g/mol. The molecule has 0 heterocycles. The lowest BCUT2D eigenvalue weighted by Gasteiger charge is -2.24. The fraction of sp³-hybridized carbons (Fsp3) is 0.625.